The third kappa shape index (κ3) is 4.79. The van der Waals surface area contributed by atoms with Gasteiger partial charge < -0.3 is 10.6 Å². The quantitative estimate of drug-likeness (QED) is 0.297. The molecule has 1 spiro atoms. The molecule has 0 aliphatic carbocycles. The maximum Gasteiger partial charge on any atom is 0.234 e. The number of anilines is 2. The topological polar surface area (TPSA) is 139 Å². The zero-order valence-electron chi connectivity index (χ0n) is 24.0. The van der Waals surface area contributed by atoms with Crippen molar-refractivity contribution in [3.05, 3.63) is 103 Å². The van der Waals surface area contributed by atoms with E-state index in [9.17, 15) is 4.39 Å². The largest absolute Gasteiger partial charge is 0.383 e. The number of hydrogen-bond donors (Lipinski definition) is 1. The Morgan fingerprint density at radius 2 is 1.67 bits per heavy atom. The molecule has 2 saturated heterocycles. The second-order valence-corrected chi connectivity index (χ2v) is 11.6. The van der Waals surface area contributed by atoms with Gasteiger partial charge in [-0.05, 0) is 60.2 Å². The van der Waals surface area contributed by atoms with Gasteiger partial charge in [0.15, 0.2) is 11.5 Å². The van der Waals surface area contributed by atoms with Crippen LogP contribution in [0.1, 0.15) is 11.4 Å². The minimum Gasteiger partial charge on any atom is -0.383 e. The normalized spacial score (nSPS) is 15.5. The molecule has 0 radical (unpaired) electrons. The number of nitrogens with zero attached hydrogens (tertiary/aromatic N) is 10. The molecule has 45 heavy (non-hydrogen) atoms. The number of halogens is 1. The number of imidazole rings is 1. The molecule has 7 heterocycles. The molecule has 2 aliphatic rings. The summed E-state index contributed by atoms with van der Waals surface area (Å²) in [5.41, 5.74) is 11.8. The number of nitrogen functional groups attached to an aromatic ring is 1. The third-order valence-corrected chi connectivity index (χ3v) is 8.41. The van der Waals surface area contributed by atoms with Crippen LogP contribution in [0.15, 0.2) is 85.3 Å². The molecule has 8 rings (SSSR count). The molecule has 1 aromatic carbocycles. The van der Waals surface area contributed by atoms with Gasteiger partial charge >= 0.3 is 0 Å². The molecule has 0 atom stereocenters. The molecule has 11 nitrogen and oxygen atoms in total. The highest BCUT2D eigenvalue weighted by Crippen LogP contribution is 2.42. The SMILES string of the molecule is N#Cc1nccc(N2CC3(CN(Cc4ccc(-n5c(-c6cccnc6N)nc6ccc(-c7ccc(F)cn7)nc65)cc4)C3)C2)n1. The number of nitrogens with two attached hydrogens (primary N) is 1. The number of fused-ring (bicyclic) bond motifs is 1. The first-order valence-electron chi connectivity index (χ1n) is 14.5. The summed E-state index contributed by atoms with van der Waals surface area (Å²) in [7, 11) is 0. The van der Waals surface area contributed by atoms with Crippen molar-refractivity contribution in [2.45, 2.75) is 6.54 Å². The van der Waals surface area contributed by atoms with E-state index in [1.54, 1.807) is 18.5 Å². The lowest BCUT2D eigenvalue weighted by molar-refractivity contribution is -0.0276. The Balaban J connectivity index is 1.04. The van der Waals surface area contributed by atoms with Gasteiger partial charge in [-0.15, -0.1) is 0 Å². The molecule has 12 heteroatoms. The van der Waals surface area contributed by atoms with Crippen LogP contribution in [0.5, 0.6) is 0 Å². The molecule has 0 bridgehead atoms. The second-order valence-electron chi connectivity index (χ2n) is 11.6. The fraction of sp³-hybridized carbons (Fsp3) is 0.182. The van der Waals surface area contributed by atoms with Crippen molar-refractivity contribution in [3.8, 4) is 34.5 Å². The summed E-state index contributed by atoms with van der Waals surface area (Å²) in [5, 5.41) is 9.10. The maximum absolute atomic E-state index is 13.5. The molecule has 2 aliphatic heterocycles. The summed E-state index contributed by atoms with van der Waals surface area (Å²) < 4.78 is 15.5. The molecule has 0 unspecified atom stereocenters. The molecular weight excluding hydrogens is 569 g/mol. The van der Waals surface area contributed by atoms with Crippen LogP contribution in [0.3, 0.4) is 0 Å². The van der Waals surface area contributed by atoms with Gasteiger partial charge in [-0.3, -0.25) is 14.5 Å². The minimum absolute atomic E-state index is 0.202. The average molecular weight is 596 g/mol. The molecular formula is C33H26FN11. The first-order valence-corrected chi connectivity index (χ1v) is 14.5. The zero-order chi connectivity index (χ0) is 30.5. The van der Waals surface area contributed by atoms with Gasteiger partial charge in [-0.25, -0.2) is 29.3 Å². The Labute approximate surface area is 257 Å². The lowest BCUT2D eigenvalue weighted by Gasteiger charge is -2.60. The standard InChI is InChI=1S/C33H26FN11/c34-22-5-8-25(39-15-22)26-9-10-27-32(40-26)45(31(41-27)24-2-1-12-38-30(24)36)23-6-3-21(4-7-23)16-43-17-33(18-43)19-44(20-33)29-11-13-37-28(14-35)42-29/h1-13,15H,16-20H2,(H2,36,38). The fourth-order valence-corrected chi connectivity index (χ4v) is 6.39. The highest BCUT2D eigenvalue weighted by atomic mass is 19.1. The van der Waals surface area contributed by atoms with E-state index in [1.165, 1.54) is 17.8 Å². The number of benzene rings is 1. The first-order chi connectivity index (χ1) is 22.0. The summed E-state index contributed by atoms with van der Waals surface area (Å²) >= 11 is 0. The van der Waals surface area contributed by atoms with Crippen LogP contribution in [-0.4, -0.2) is 65.5 Å². The second kappa shape index (κ2) is 10.4. The summed E-state index contributed by atoms with van der Waals surface area (Å²) in [4.78, 5) is 31.3. The number of nitriles is 1. The van der Waals surface area contributed by atoms with E-state index < -0.39 is 5.82 Å². The molecule has 220 valence electrons. The van der Waals surface area contributed by atoms with Crippen molar-refractivity contribution in [1.82, 2.24) is 39.4 Å². The Morgan fingerprint density at radius 3 is 2.42 bits per heavy atom. The Kier molecular flexibility index (Phi) is 6.21. The number of likely N-dealkylation sites (tertiary alicyclic amines) is 1. The predicted molar refractivity (Wildman–Crippen MR) is 166 cm³/mol. The van der Waals surface area contributed by atoms with E-state index in [2.05, 4.69) is 54.0 Å². The van der Waals surface area contributed by atoms with Crippen LogP contribution in [-0.2, 0) is 6.54 Å². The van der Waals surface area contributed by atoms with Crippen molar-refractivity contribution in [3.63, 3.8) is 0 Å². The number of pyridine rings is 3. The van der Waals surface area contributed by atoms with Gasteiger partial charge in [0.25, 0.3) is 0 Å². The highest BCUT2D eigenvalue weighted by Gasteiger charge is 2.51. The Hall–Kier alpha value is -5.80. The average Bonchev–Trinajstić information content (AvgIpc) is 3.41. The van der Waals surface area contributed by atoms with Gasteiger partial charge in [-0.1, -0.05) is 12.1 Å². The minimum atomic E-state index is -0.403. The molecule has 5 aromatic heterocycles. The maximum atomic E-state index is 13.5. The van der Waals surface area contributed by atoms with Crippen molar-refractivity contribution in [2.75, 3.05) is 36.8 Å². The number of aromatic nitrogens is 7. The fourth-order valence-electron chi connectivity index (χ4n) is 6.39. The summed E-state index contributed by atoms with van der Waals surface area (Å²) in [5.74, 6) is 1.62. The summed E-state index contributed by atoms with van der Waals surface area (Å²) in [6.45, 7) is 4.74. The smallest absolute Gasteiger partial charge is 0.234 e. The molecule has 0 amide bonds. The van der Waals surface area contributed by atoms with Crippen LogP contribution in [0.4, 0.5) is 16.0 Å². The van der Waals surface area contributed by atoms with Crippen LogP contribution in [0.2, 0.25) is 0 Å². The first kappa shape index (κ1) is 26.8. The van der Waals surface area contributed by atoms with Crippen LogP contribution < -0.4 is 10.6 Å². The predicted octanol–water partition coefficient (Wildman–Crippen LogP) is 4.25. The summed E-state index contributed by atoms with van der Waals surface area (Å²) in [6.07, 6.45) is 4.48. The molecule has 2 N–H and O–H groups in total. The molecule has 2 fully saturated rings. The van der Waals surface area contributed by atoms with E-state index in [0.29, 0.717) is 39.8 Å². The zero-order valence-corrected chi connectivity index (χ0v) is 24.0. The monoisotopic (exact) mass is 595 g/mol. The van der Waals surface area contributed by atoms with Gasteiger partial charge in [0.1, 0.15) is 29.0 Å². The van der Waals surface area contributed by atoms with E-state index in [-0.39, 0.29) is 11.2 Å². The van der Waals surface area contributed by atoms with Crippen molar-refractivity contribution in [1.29, 1.82) is 5.26 Å². The third-order valence-electron chi connectivity index (χ3n) is 8.41. The van der Waals surface area contributed by atoms with Crippen molar-refractivity contribution in [2.24, 2.45) is 5.41 Å². The van der Waals surface area contributed by atoms with Crippen LogP contribution >= 0.6 is 0 Å². The van der Waals surface area contributed by atoms with Crippen LogP contribution in [0.25, 0.3) is 39.6 Å². The van der Waals surface area contributed by atoms with Crippen molar-refractivity contribution < 1.29 is 4.39 Å². The van der Waals surface area contributed by atoms with Gasteiger partial charge in [0.05, 0.1) is 23.1 Å². The van der Waals surface area contributed by atoms with Gasteiger partial charge in [-0.2, -0.15) is 5.26 Å². The lowest BCUT2D eigenvalue weighted by atomic mass is 9.72. The summed E-state index contributed by atoms with van der Waals surface area (Å²) in [6, 6.07) is 22.7. The van der Waals surface area contributed by atoms with E-state index in [1.807, 2.05) is 41.0 Å². The van der Waals surface area contributed by atoms with Crippen LogP contribution in [0, 0.1) is 22.6 Å². The highest BCUT2D eigenvalue weighted by molar-refractivity contribution is 5.84. The van der Waals surface area contributed by atoms with Gasteiger partial charge in [0.2, 0.25) is 5.82 Å². The Morgan fingerprint density at radius 1 is 0.844 bits per heavy atom. The van der Waals surface area contributed by atoms with E-state index >= 15 is 0 Å². The number of rotatable bonds is 6. The van der Waals surface area contributed by atoms with Gasteiger partial charge in [0, 0.05) is 56.2 Å². The molecule has 0 saturated carbocycles. The van der Waals surface area contributed by atoms with E-state index in [4.69, 9.17) is 21.0 Å². The van der Waals surface area contributed by atoms with E-state index in [0.717, 1.165) is 44.2 Å². The number of hydrogen-bond acceptors (Lipinski definition) is 10. The van der Waals surface area contributed by atoms with Crippen molar-refractivity contribution >= 4 is 22.8 Å². The Bertz CT molecular complexity index is 2090. The molecule has 6 aromatic rings. The lowest BCUT2D eigenvalue weighted by Crippen LogP contribution is -2.72.